The highest BCUT2D eigenvalue weighted by Crippen LogP contribution is 2.43. The molecule has 2 N–H and O–H groups in total. The molecule has 2 aliphatic heterocycles. The molecule has 0 bridgehead atoms. The molecule has 2 saturated heterocycles. The van der Waals surface area contributed by atoms with Crippen molar-refractivity contribution in [3.63, 3.8) is 0 Å². The van der Waals surface area contributed by atoms with Crippen molar-refractivity contribution < 1.29 is 9.18 Å². The number of nitrogens with one attached hydrogen (secondary N) is 2. The third-order valence-electron chi connectivity index (χ3n) is 5.78. The fourth-order valence-electron chi connectivity index (χ4n) is 4.59. The molecule has 2 aromatic carbocycles. The van der Waals surface area contributed by atoms with Crippen LogP contribution in [0.2, 0.25) is 0 Å². The molecule has 0 aliphatic carbocycles. The van der Waals surface area contributed by atoms with E-state index < -0.39 is 0 Å². The fraction of sp³-hybridized carbons (Fsp3) is 0.286. The number of likely N-dealkylation sites (tertiary alicyclic amines) is 1. The molecule has 140 valence electrons. The Hall–Kier alpha value is -2.37. The molecule has 4 nitrogen and oxygen atoms in total. The number of aromatic nitrogens is 1. The Labute approximate surface area is 163 Å². The van der Waals surface area contributed by atoms with Gasteiger partial charge in [0.25, 0.3) is 5.91 Å². The number of fused-ring (bicyclic) bond motifs is 2. The number of halogens is 2. The highest BCUT2D eigenvalue weighted by atomic mass is 35.5. The van der Waals surface area contributed by atoms with Crippen molar-refractivity contribution in [3.8, 4) is 0 Å². The van der Waals surface area contributed by atoms with E-state index in [1.165, 1.54) is 6.07 Å². The zero-order valence-corrected chi connectivity index (χ0v) is 15.5. The van der Waals surface area contributed by atoms with Crippen LogP contribution in [0.5, 0.6) is 0 Å². The van der Waals surface area contributed by atoms with Crippen molar-refractivity contribution in [2.75, 3.05) is 19.6 Å². The zero-order chi connectivity index (χ0) is 17.7. The molecular weight excluding hydrogens is 365 g/mol. The van der Waals surface area contributed by atoms with Crippen molar-refractivity contribution in [2.24, 2.45) is 11.8 Å². The molecule has 27 heavy (non-hydrogen) atoms. The maximum absolute atomic E-state index is 13.8. The van der Waals surface area contributed by atoms with E-state index in [2.05, 4.69) is 10.3 Å². The van der Waals surface area contributed by atoms with Crippen LogP contribution in [0.4, 0.5) is 4.39 Å². The third kappa shape index (κ3) is 3.01. The Bertz CT molecular complexity index is 955. The number of para-hydroxylation sites is 1. The molecule has 0 radical (unpaired) electrons. The quantitative estimate of drug-likeness (QED) is 0.705. The molecule has 1 aromatic heterocycles. The van der Waals surface area contributed by atoms with Gasteiger partial charge in [-0.1, -0.05) is 30.3 Å². The lowest BCUT2D eigenvalue weighted by molar-refractivity contribution is 0.0708. The van der Waals surface area contributed by atoms with Crippen LogP contribution in [-0.2, 0) is 0 Å². The number of aromatic amines is 1. The molecule has 0 saturated carbocycles. The van der Waals surface area contributed by atoms with E-state index in [1.807, 2.05) is 41.3 Å². The maximum atomic E-state index is 13.8. The summed E-state index contributed by atoms with van der Waals surface area (Å²) in [5, 5.41) is 4.45. The van der Waals surface area contributed by atoms with Crippen molar-refractivity contribution in [1.29, 1.82) is 0 Å². The van der Waals surface area contributed by atoms with E-state index in [9.17, 15) is 9.18 Å². The van der Waals surface area contributed by atoms with E-state index in [0.717, 1.165) is 29.6 Å². The molecule has 3 atom stereocenters. The summed E-state index contributed by atoms with van der Waals surface area (Å²) in [5.74, 6) is 0.474. The number of H-pyrrole nitrogens is 1. The summed E-state index contributed by atoms with van der Waals surface area (Å²) >= 11 is 0. The molecule has 2 fully saturated rings. The molecule has 6 heteroatoms. The average molecular weight is 386 g/mol. The molecule has 3 heterocycles. The molecule has 3 aromatic rings. The van der Waals surface area contributed by atoms with E-state index in [0.29, 0.717) is 24.1 Å². The lowest BCUT2D eigenvalue weighted by Crippen LogP contribution is -2.34. The first-order valence-corrected chi connectivity index (χ1v) is 9.05. The van der Waals surface area contributed by atoms with Crippen LogP contribution in [-0.4, -0.2) is 35.4 Å². The fourth-order valence-corrected chi connectivity index (χ4v) is 4.59. The van der Waals surface area contributed by atoms with E-state index >= 15 is 0 Å². The molecule has 0 unspecified atom stereocenters. The first-order chi connectivity index (χ1) is 12.7. The van der Waals surface area contributed by atoms with Crippen molar-refractivity contribution >= 4 is 29.2 Å². The SMILES string of the molecule is Cl.O=C(c1cc2ccccc2[nH]1)N1C[C@@H]2CNC[C@@H]2[C@@H]1c1cccc(F)c1. The van der Waals surface area contributed by atoms with E-state index in [1.54, 1.807) is 12.1 Å². The largest absolute Gasteiger partial charge is 0.351 e. The Morgan fingerprint density at radius 2 is 1.93 bits per heavy atom. The van der Waals surface area contributed by atoms with Crippen molar-refractivity contribution in [2.45, 2.75) is 6.04 Å². The second-order valence-electron chi connectivity index (χ2n) is 7.31. The number of nitrogens with zero attached hydrogens (tertiary/aromatic N) is 1. The maximum Gasteiger partial charge on any atom is 0.270 e. The highest BCUT2D eigenvalue weighted by molar-refractivity contribution is 5.98. The average Bonchev–Trinajstić information content (AvgIpc) is 3.34. The highest BCUT2D eigenvalue weighted by Gasteiger charge is 2.47. The normalized spacial score (nSPS) is 24.0. The number of hydrogen-bond acceptors (Lipinski definition) is 2. The first-order valence-electron chi connectivity index (χ1n) is 9.05. The second kappa shape index (κ2) is 6.98. The lowest BCUT2D eigenvalue weighted by Gasteiger charge is -2.28. The summed E-state index contributed by atoms with van der Waals surface area (Å²) in [6.07, 6.45) is 0. The van der Waals surface area contributed by atoms with Gasteiger partial charge in [-0.05, 0) is 35.7 Å². The van der Waals surface area contributed by atoms with Crippen LogP contribution >= 0.6 is 12.4 Å². The van der Waals surface area contributed by atoms with Gasteiger partial charge < -0.3 is 15.2 Å². The summed E-state index contributed by atoms with van der Waals surface area (Å²) in [7, 11) is 0. The van der Waals surface area contributed by atoms with Crippen LogP contribution in [0.15, 0.2) is 54.6 Å². The Balaban J connectivity index is 0.00000180. The number of benzene rings is 2. The summed E-state index contributed by atoms with van der Waals surface area (Å²) in [6.45, 7) is 2.47. The summed E-state index contributed by atoms with van der Waals surface area (Å²) in [6, 6.07) is 16.4. The number of carbonyl (C=O) groups excluding carboxylic acids is 1. The van der Waals surface area contributed by atoms with Crippen LogP contribution in [0, 0.1) is 17.7 Å². The third-order valence-corrected chi connectivity index (χ3v) is 5.78. The van der Waals surface area contributed by atoms with Crippen LogP contribution in [0.25, 0.3) is 10.9 Å². The Morgan fingerprint density at radius 1 is 1.07 bits per heavy atom. The molecular formula is C21H21ClFN3O. The van der Waals surface area contributed by atoms with E-state index in [-0.39, 0.29) is 30.2 Å². The molecule has 5 rings (SSSR count). The van der Waals surface area contributed by atoms with Gasteiger partial charge in [0.05, 0.1) is 6.04 Å². The molecule has 1 amide bonds. The molecule has 2 aliphatic rings. The minimum atomic E-state index is -0.255. The van der Waals surface area contributed by atoms with Gasteiger partial charge in [0.2, 0.25) is 0 Å². The number of carbonyl (C=O) groups is 1. The topological polar surface area (TPSA) is 48.1 Å². The van der Waals surface area contributed by atoms with Gasteiger partial charge in [0.1, 0.15) is 11.5 Å². The second-order valence-corrected chi connectivity index (χ2v) is 7.31. The van der Waals surface area contributed by atoms with Crippen LogP contribution in [0.1, 0.15) is 22.1 Å². The number of amides is 1. The van der Waals surface area contributed by atoms with Gasteiger partial charge in [-0.2, -0.15) is 0 Å². The van der Waals surface area contributed by atoms with Gasteiger partial charge in [-0.25, -0.2) is 4.39 Å². The minimum absolute atomic E-state index is 0. The lowest BCUT2D eigenvalue weighted by atomic mass is 9.89. The summed E-state index contributed by atoms with van der Waals surface area (Å²) < 4.78 is 13.8. The number of hydrogen-bond donors (Lipinski definition) is 2. The Morgan fingerprint density at radius 3 is 2.74 bits per heavy atom. The Kier molecular flexibility index (Phi) is 4.66. The minimum Gasteiger partial charge on any atom is -0.351 e. The van der Waals surface area contributed by atoms with Crippen LogP contribution in [0.3, 0.4) is 0 Å². The van der Waals surface area contributed by atoms with Gasteiger partial charge in [-0.15, -0.1) is 12.4 Å². The summed E-state index contributed by atoms with van der Waals surface area (Å²) in [4.78, 5) is 18.5. The van der Waals surface area contributed by atoms with Crippen LogP contribution < -0.4 is 5.32 Å². The monoisotopic (exact) mass is 385 g/mol. The number of rotatable bonds is 2. The smallest absolute Gasteiger partial charge is 0.270 e. The molecule has 0 spiro atoms. The summed E-state index contributed by atoms with van der Waals surface area (Å²) in [5.41, 5.74) is 2.44. The zero-order valence-electron chi connectivity index (χ0n) is 14.7. The van der Waals surface area contributed by atoms with Crippen molar-refractivity contribution in [1.82, 2.24) is 15.2 Å². The van der Waals surface area contributed by atoms with Gasteiger partial charge >= 0.3 is 0 Å². The van der Waals surface area contributed by atoms with Gasteiger partial charge in [-0.3, -0.25) is 4.79 Å². The van der Waals surface area contributed by atoms with Gasteiger partial charge in [0.15, 0.2) is 0 Å². The predicted molar refractivity (Wildman–Crippen MR) is 106 cm³/mol. The predicted octanol–water partition coefficient (Wildman–Crippen LogP) is 3.76. The first kappa shape index (κ1) is 18.0. The standard InChI is InChI=1S/C21H20FN3O.ClH/c22-16-6-3-5-14(8-16)20-17-11-23-10-15(17)12-25(20)21(26)19-9-13-4-1-2-7-18(13)24-19;/h1-9,15,17,20,23-24H,10-12H2;1H/t15-,17-,20-;/m0./s1. The van der Waals surface area contributed by atoms with Gasteiger partial charge in [0, 0.05) is 36.5 Å². The van der Waals surface area contributed by atoms with E-state index in [4.69, 9.17) is 0 Å². The van der Waals surface area contributed by atoms with Crippen molar-refractivity contribution in [3.05, 3.63) is 71.7 Å².